The van der Waals surface area contributed by atoms with Gasteiger partial charge in [0.25, 0.3) is 0 Å². The fourth-order valence-electron chi connectivity index (χ4n) is 3.15. The van der Waals surface area contributed by atoms with Crippen LogP contribution in [0.2, 0.25) is 0 Å². The maximum atomic E-state index is 13.0. The van der Waals surface area contributed by atoms with Crippen LogP contribution in [-0.4, -0.2) is 39.1 Å². The molecular formula is C17H19F3N6. The Morgan fingerprint density at radius 1 is 1.15 bits per heavy atom. The van der Waals surface area contributed by atoms with Gasteiger partial charge in [0.2, 0.25) is 0 Å². The molecule has 4 rings (SSSR count). The molecule has 1 saturated heterocycles. The molecule has 9 heteroatoms. The minimum absolute atomic E-state index is 0.0987. The highest BCUT2D eigenvalue weighted by Gasteiger charge is 2.34. The van der Waals surface area contributed by atoms with E-state index in [1.54, 1.807) is 6.20 Å². The van der Waals surface area contributed by atoms with E-state index in [4.69, 9.17) is 0 Å². The van der Waals surface area contributed by atoms with Crippen LogP contribution >= 0.6 is 0 Å². The average molecular weight is 364 g/mol. The van der Waals surface area contributed by atoms with Gasteiger partial charge in [0, 0.05) is 37.3 Å². The predicted octanol–water partition coefficient (Wildman–Crippen LogP) is 3.16. The molecule has 1 unspecified atom stereocenters. The number of nitrogens with zero attached hydrogens (tertiary/aromatic N) is 5. The maximum absolute atomic E-state index is 13.0. The first kappa shape index (κ1) is 17.0. The molecule has 26 heavy (non-hydrogen) atoms. The summed E-state index contributed by atoms with van der Waals surface area (Å²) in [7, 11) is 0. The number of halogens is 3. The molecule has 1 aliphatic heterocycles. The molecule has 1 atom stereocenters. The van der Waals surface area contributed by atoms with E-state index in [1.165, 1.54) is 6.92 Å². The van der Waals surface area contributed by atoms with Crippen molar-refractivity contribution in [2.45, 2.75) is 44.3 Å². The van der Waals surface area contributed by atoms with Crippen LogP contribution in [0.3, 0.4) is 0 Å². The van der Waals surface area contributed by atoms with Crippen LogP contribution in [0.4, 0.5) is 24.8 Å². The number of anilines is 2. The van der Waals surface area contributed by atoms with Crippen molar-refractivity contribution in [3.63, 3.8) is 0 Å². The lowest BCUT2D eigenvalue weighted by atomic mass is 10.2. The number of nitrogens with one attached hydrogen (secondary N) is 1. The summed E-state index contributed by atoms with van der Waals surface area (Å²) in [6.45, 7) is 2.67. The largest absolute Gasteiger partial charge is 0.433 e. The van der Waals surface area contributed by atoms with Crippen LogP contribution in [0.25, 0.3) is 0 Å². The number of aryl methyl sites for hydroxylation is 1. The molecule has 138 valence electrons. The van der Waals surface area contributed by atoms with E-state index in [-0.39, 0.29) is 11.9 Å². The van der Waals surface area contributed by atoms with Gasteiger partial charge in [0.1, 0.15) is 29.0 Å². The molecule has 1 aliphatic carbocycles. The van der Waals surface area contributed by atoms with Gasteiger partial charge in [-0.3, -0.25) is 0 Å². The average Bonchev–Trinajstić information content (AvgIpc) is 3.34. The summed E-state index contributed by atoms with van der Waals surface area (Å²) < 4.78 is 38.9. The van der Waals surface area contributed by atoms with E-state index in [1.807, 2.05) is 11.0 Å². The first-order chi connectivity index (χ1) is 12.4. The highest BCUT2D eigenvalue weighted by Crippen LogP contribution is 2.38. The molecule has 0 aromatic carbocycles. The Hall–Kier alpha value is -2.45. The summed E-state index contributed by atoms with van der Waals surface area (Å²) in [6.07, 6.45) is 0.344. The third kappa shape index (κ3) is 3.71. The van der Waals surface area contributed by atoms with Crippen LogP contribution < -0.4 is 10.2 Å². The molecule has 0 spiro atoms. The van der Waals surface area contributed by atoms with Crippen molar-refractivity contribution in [2.24, 2.45) is 0 Å². The van der Waals surface area contributed by atoms with Gasteiger partial charge in [-0.25, -0.2) is 19.9 Å². The van der Waals surface area contributed by atoms with E-state index in [2.05, 4.69) is 25.3 Å². The van der Waals surface area contributed by atoms with Gasteiger partial charge in [-0.15, -0.1) is 0 Å². The summed E-state index contributed by atoms with van der Waals surface area (Å²) in [4.78, 5) is 18.4. The van der Waals surface area contributed by atoms with E-state index in [9.17, 15) is 13.2 Å². The number of hydrogen-bond donors (Lipinski definition) is 1. The first-order valence-corrected chi connectivity index (χ1v) is 8.66. The molecule has 1 saturated carbocycles. The molecule has 0 bridgehead atoms. The number of rotatable bonds is 4. The zero-order chi connectivity index (χ0) is 18.3. The third-order valence-corrected chi connectivity index (χ3v) is 4.60. The first-order valence-electron chi connectivity index (χ1n) is 8.66. The molecule has 2 aliphatic rings. The van der Waals surface area contributed by atoms with Crippen LogP contribution in [0.15, 0.2) is 18.3 Å². The third-order valence-electron chi connectivity index (χ3n) is 4.60. The van der Waals surface area contributed by atoms with E-state index >= 15 is 0 Å². The minimum Gasteiger partial charge on any atom is -0.365 e. The van der Waals surface area contributed by atoms with Crippen molar-refractivity contribution in [1.82, 2.24) is 19.9 Å². The Balaban J connectivity index is 1.45. The van der Waals surface area contributed by atoms with Crippen LogP contribution in [0.5, 0.6) is 0 Å². The topological polar surface area (TPSA) is 66.8 Å². The normalized spacial score (nSPS) is 20.5. The lowest BCUT2D eigenvalue weighted by molar-refractivity contribution is -0.141. The number of hydrogen-bond acceptors (Lipinski definition) is 6. The van der Waals surface area contributed by atoms with Crippen molar-refractivity contribution < 1.29 is 13.2 Å². The summed E-state index contributed by atoms with van der Waals surface area (Å²) in [6, 6.07) is 2.94. The monoisotopic (exact) mass is 364 g/mol. The second-order valence-corrected chi connectivity index (χ2v) is 6.81. The Labute approximate surface area is 148 Å². The van der Waals surface area contributed by atoms with Crippen LogP contribution in [-0.2, 0) is 6.18 Å². The molecule has 3 heterocycles. The molecule has 2 fully saturated rings. The molecule has 1 N–H and O–H groups in total. The Kier molecular flexibility index (Phi) is 4.16. The van der Waals surface area contributed by atoms with Gasteiger partial charge in [-0.1, -0.05) is 0 Å². The van der Waals surface area contributed by atoms with Gasteiger partial charge in [0.05, 0.1) is 0 Å². The summed E-state index contributed by atoms with van der Waals surface area (Å²) in [5.41, 5.74) is -0.902. The van der Waals surface area contributed by atoms with E-state index in [0.717, 1.165) is 37.0 Å². The summed E-state index contributed by atoms with van der Waals surface area (Å²) in [5.74, 6) is 2.54. The maximum Gasteiger partial charge on any atom is 0.433 e. The fraction of sp³-hybridized carbons (Fsp3) is 0.529. The Morgan fingerprint density at radius 2 is 1.96 bits per heavy atom. The molecule has 0 amide bonds. The second-order valence-electron chi connectivity index (χ2n) is 6.81. The molecule has 0 radical (unpaired) electrons. The zero-order valence-electron chi connectivity index (χ0n) is 14.3. The number of alkyl halides is 3. The molecule has 6 nitrogen and oxygen atoms in total. The Bertz CT molecular complexity index is 805. The van der Waals surface area contributed by atoms with Crippen molar-refractivity contribution in [2.75, 3.05) is 23.3 Å². The highest BCUT2D eigenvalue weighted by molar-refractivity contribution is 5.44. The van der Waals surface area contributed by atoms with E-state index < -0.39 is 11.9 Å². The Morgan fingerprint density at radius 3 is 2.69 bits per heavy atom. The highest BCUT2D eigenvalue weighted by atomic mass is 19.4. The molecule has 2 aromatic heterocycles. The summed E-state index contributed by atoms with van der Waals surface area (Å²) in [5, 5.41) is 3.36. The molecule has 2 aromatic rings. The van der Waals surface area contributed by atoms with Gasteiger partial charge < -0.3 is 10.2 Å². The van der Waals surface area contributed by atoms with Gasteiger partial charge >= 0.3 is 6.18 Å². The van der Waals surface area contributed by atoms with Crippen molar-refractivity contribution in [3.05, 3.63) is 35.7 Å². The standard InChI is InChI=1S/C17H19F3N6/c1-10-22-13(17(18,19)20)8-15(23-10)26-7-5-12(9-26)24-14-4-6-21-16(25-14)11-2-3-11/h4,6,8,11-12H,2-3,5,7,9H2,1H3,(H,21,24,25). The van der Waals surface area contributed by atoms with Crippen molar-refractivity contribution in [3.8, 4) is 0 Å². The predicted molar refractivity (Wildman–Crippen MR) is 90.0 cm³/mol. The van der Waals surface area contributed by atoms with Crippen molar-refractivity contribution in [1.29, 1.82) is 0 Å². The smallest absolute Gasteiger partial charge is 0.365 e. The lowest BCUT2D eigenvalue weighted by Crippen LogP contribution is -2.27. The SMILES string of the molecule is Cc1nc(N2CCC(Nc3ccnc(C4CC4)n3)C2)cc(C(F)(F)F)n1. The van der Waals surface area contributed by atoms with Gasteiger partial charge in [-0.05, 0) is 32.3 Å². The second kappa shape index (κ2) is 6.37. The number of aromatic nitrogens is 4. The fourth-order valence-corrected chi connectivity index (χ4v) is 3.15. The van der Waals surface area contributed by atoms with Crippen LogP contribution in [0.1, 0.15) is 42.5 Å². The van der Waals surface area contributed by atoms with Gasteiger partial charge in [0.15, 0.2) is 0 Å². The molecular weight excluding hydrogens is 345 g/mol. The van der Waals surface area contributed by atoms with Gasteiger partial charge in [-0.2, -0.15) is 13.2 Å². The minimum atomic E-state index is -4.47. The summed E-state index contributed by atoms with van der Waals surface area (Å²) >= 11 is 0. The zero-order valence-corrected chi connectivity index (χ0v) is 14.3. The van der Waals surface area contributed by atoms with E-state index in [0.29, 0.717) is 24.8 Å². The lowest BCUT2D eigenvalue weighted by Gasteiger charge is -2.19. The van der Waals surface area contributed by atoms with Crippen molar-refractivity contribution >= 4 is 11.6 Å². The quantitative estimate of drug-likeness (QED) is 0.899. The van der Waals surface area contributed by atoms with Crippen LogP contribution in [0, 0.1) is 6.92 Å².